The first-order valence-corrected chi connectivity index (χ1v) is 5.62. The minimum atomic E-state index is -0.202. The van der Waals surface area contributed by atoms with Crippen molar-refractivity contribution in [2.45, 2.75) is 19.9 Å². The van der Waals surface area contributed by atoms with Crippen LogP contribution in [0.5, 0.6) is 0 Å². The number of fused-ring (bicyclic) bond motifs is 1. The summed E-state index contributed by atoms with van der Waals surface area (Å²) in [5, 5.41) is 5.29. The lowest BCUT2D eigenvalue weighted by molar-refractivity contribution is 0.596. The van der Waals surface area contributed by atoms with Gasteiger partial charge in [0.05, 0.1) is 5.52 Å². The topological polar surface area (TPSA) is 17.8 Å². The van der Waals surface area contributed by atoms with Gasteiger partial charge < -0.3 is 0 Å². The van der Waals surface area contributed by atoms with Crippen molar-refractivity contribution in [2.24, 2.45) is 0 Å². The monoisotopic (exact) mass is 304 g/mol. The van der Waals surface area contributed by atoms with Crippen molar-refractivity contribution in [3.8, 4) is 0 Å². The molecule has 0 unspecified atom stereocenters. The van der Waals surface area contributed by atoms with Crippen molar-refractivity contribution >= 4 is 33.5 Å². The Morgan fingerprint density at radius 2 is 2.29 bits per heavy atom. The molecule has 0 radical (unpaired) electrons. The quantitative estimate of drug-likeness (QED) is 0.779. The Balaban J connectivity index is 2.62. The zero-order valence-electron chi connectivity index (χ0n) is 7.80. The van der Waals surface area contributed by atoms with Gasteiger partial charge in [-0.3, -0.25) is 4.68 Å². The first-order valence-electron chi connectivity index (χ1n) is 4.54. The molecule has 2 rings (SSSR count). The maximum Gasteiger partial charge on any atom is 0.124 e. The van der Waals surface area contributed by atoms with Crippen molar-refractivity contribution in [1.82, 2.24) is 9.78 Å². The average Bonchev–Trinajstić information content (AvgIpc) is 2.46. The van der Waals surface area contributed by atoms with E-state index in [2.05, 4.69) is 34.6 Å². The SMILES string of the molecule is CCCn1nc2ccc(F)cc2c1I. The molecule has 14 heavy (non-hydrogen) atoms. The van der Waals surface area contributed by atoms with Gasteiger partial charge in [-0.2, -0.15) is 5.10 Å². The molecule has 74 valence electrons. The normalized spacial score (nSPS) is 11.1. The molecule has 0 bridgehead atoms. The molecule has 0 amide bonds. The summed E-state index contributed by atoms with van der Waals surface area (Å²) in [6.45, 7) is 2.98. The standard InChI is InChI=1S/C10H10FIN2/c1-2-5-14-10(12)8-6-7(11)3-4-9(8)13-14/h3-4,6H,2,5H2,1H3. The predicted molar refractivity (Wildman–Crippen MR) is 62.7 cm³/mol. The molecule has 0 saturated heterocycles. The Morgan fingerprint density at radius 3 is 3.00 bits per heavy atom. The molecular weight excluding hydrogens is 294 g/mol. The highest BCUT2D eigenvalue weighted by Gasteiger charge is 2.08. The van der Waals surface area contributed by atoms with Crippen molar-refractivity contribution in [2.75, 3.05) is 0 Å². The van der Waals surface area contributed by atoms with Crippen LogP contribution in [0.4, 0.5) is 4.39 Å². The molecule has 0 saturated carbocycles. The fourth-order valence-corrected chi connectivity index (χ4v) is 2.21. The Hall–Kier alpha value is -0.650. The van der Waals surface area contributed by atoms with E-state index in [1.54, 1.807) is 6.07 Å². The lowest BCUT2D eigenvalue weighted by Gasteiger charge is -1.98. The van der Waals surface area contributed by atoms with Gasteiger partial charge in [0.1, 0.15) is 9.52 Å². The summed E-state index contributed by atoms with van der Waals surface area (Å²) in [4.78, 5) is 0. The van der Waals surface area contributed by atoms with Crippen molar-refractivity contribution < 1.29 is 4.39 Å². The summed E-state index contributed by atoms with van der Waals surface area (Å²) in [6, 6.07) is 4.71. The van der Waals surface area contributed by atoms with Gasteiger partial charge in [0.15, 0.2) is 0 Å². The third-order valence-corrected chi connectivity index (χ3v) is 3.21. The molecule has 0 aliphatic heterocycles. The van der Waals surface area contributed by atoms with Crippen LogP contribution in [0.1, 0.15) is 13.3 Å². The van der Waals surface area contributed by atoms with Gasteiger partial charge in [-0.25, -0.2) is 4.39 Å². The minimum Gasteiger partial charge on any atom is -0.258 e. The molecule has 2 aromatic rings. The second-order valence-electron chi connectivity index (χ2n) is 3.18. The van der Waals surface area contributed by atoms with E-state index in [0.717, 1.165) is 27.6 Å². The van der Waals surface area contributed by atoms with Crippen LogP contribution in [0.25, 0.3) is 10.9 Å². The van der Waals surface area contributed by atoms with Gasteiger partial charge in [0.2, 0.25) is 0 Å². The second-order valence-corrected chi connectivity index (χ2v) is 4.20. The van der Waals surface area contributed by atoms with E-state index in [1.807, 2.05) is 4.68 Å². The number of benzene rings is 1. The number of halogens is 2. The van der Waals surface area contributed by atoms with Crippen LogP contribution in [0.15, 0.2) is 18.2 Å². The molecular formula is C10H10FIN2. The Kier molecular flexibility index (Phi) is 2.71. The molecule has 2 nitrogen and oxygen atoms in total. The summed E-state index contributed by atoms with van der Waals surface area (Å²) in [5.74, 6) is -0.202. The second kappa shape index (κ2) is 3.84. The van der Waals surface area contributed by atoms with E-state index in [0.29, 0.717) is 0 Å². The Labute approximate surface area is 95.2 Å². The van der Waals surface area contributed by atoms with E-state index in [-0.39, 0.29) is 5.82 Å². The smallest absolute Gasteiger partial charge is 0.124 e. The van der Waals surface area contributed by atoms with E-state index < -0.39 is 0 Å². The number of rotatable bonds is 2. The molecule has 0 fully saturated rings. The van der Waals surface area contributed by atoms with E-state index in [4.69, 9.17) is 0 Å². The van der Waals surface area contributed by atoms with E-state index >= 15 is 0 Å². The molecule has 0 spiro atoms. The molecule has 0 atom stereocenters. The average molecular weight is 304 g/mol. The first-order chi connectivity index (χ1) is 6.72. The highest BCUT2D eigenvalue weighted by Crippen LogP contribution is 2.21. The number of nitrogens with zero attached hydrogens (tertiary/aromatic N) is 2. The van der Waals surface area contributed by atoms with Crippen LogP contribution in [-0.4, -0.2) is 9.78 Å². The molecule has 4 heteroatoms. The predicted octanol–water partition coefficient (Wildman–Crippen LogP) is 3.19. The van der Waals surface area contributed by atoms with Gasteiger partial charge >= 0.3 is 0 Å². The maximum atomic E-state index is 13.0. The molecule has 1 aromatic carbocycles. The van der Waals surface area contributed by atoms with Crippen LogP contribution < -0.4 is 0 Å². The van der Waals surface area contributed by atoms with E-state index in [1.165, 1.54) is 12.1 Å². The number of aryl methyl sites for hydroxylation is 1. The Bertz CT molecular complexity index is 464. The summed E-state index contributed by atoms with van der Waals surface area (Å²) in [6.07, 6.45) is 1.03. The highest BCUT2D eigenvalue weighted by molar-refractivity contribution is 14.1. The van der Waals surface area contributed by atoms with Gasteiger partial charge in [-0.05, 0) is 47.2 Å². The lowest BCUT2D eigenvalue weighted by atomic mass is 10.2. The summed E-state index contributed by atoms with van der Waals surface area (Å²) in [7, 11) is 0. The first kappa shape index (κ1) is 9.89. The van der Waals surface area contributed by atoms with E-state index in [9.17, 15) is 4.39 Å². The number of hydrogen-bond donors (Lipinski definition) is 0. The summed E-state index contributed by atoms with van der Waals surface area (Å²) < 4.78 is 15.9. The fourth-order valence-electron chi connectivity index (χ4n) is 1.43. The maximum absolute atomic E-state index is 13.0. The molecule has 0 aliphatic rings. The van der Waals surface area contributed by atoms with Crippen molar-refractivity contribution in [1.29, 1.82) is 0 Å². The van der Waals surface area contributed by atoms with Crippen LogP contribution in [0.2, 0.25) is 0 Å². The lowest BCUT2D eigenvalue weighted by Crippen LogP contribution is -2.00. The minimum absolute atomic E-state index is 0.202. The van der Waals surface area contributed by atoms with Gasteiger partial charge in [0.25, 0.3) is 0 Å². The highest BCUT2D eigenvalue weighted by atomic mass is 127. The van der Waals surface area contributed by atoms with Crippen LogP contribution in [-0.2, 0) is 6.54 Å². The van der Waals surface area contributed by atoms with Crippen molar-refractivity contribution in [3.63, 3.8) is 0 Å². The zero-order valence-corrected chi connectivity index (χ0v) is 9.95. The van der Waals surface area contributed by atoms with Crippen LogP contribution in [0.3, 0.4) is 0 Å². The van der Waals surface area contributed by atoms with Gasteiger partial charge in [0, 0.05) is 11.9 Å². The van der Waals surface area contributed by atoms with Crippen molar-refractivity contribution in [3.05, 3.63) is 27.7 Å². The third-order valence-electron chi connectivity index (χ3n) is 2.07. The largest absolute Gasteiger partial charge is 0.258 e. The van der Waals surface area contributed by atoms with Crippen LogP contribution >= 0.6 is 22.6 Å². The molecule has 1 aromatic heterocycles. The summed E-state index contributed by atoms with van der Waals surface area (Å²) in [5.41, 5.74) is 0.865. The molecule has 0 aliphatic carbocycles. The van der Waals surface area contributed by atoms with Gasteiger partial charge in [-0.1, -0.05) is 6.92 Å². The number of hydrogen-bond acceptors (Lipinski definition) is 1. The zero-order chi connectivity index (χ0) is 10.1. The Morgan fingerprint density at radius 1 is 1.50 bits per heavy atom. The number of aromatic nitrogens is 2. The molecule has 1 heterocycles. The third kappa shape index (κ3) is 1.63. The summed E-state index contributed by atoms with van der Waals surface area (Å²) >= 11 is 2.21. The fraction of sp³-hybridized carbons (Fsp3) is 0.300. The van der Waals surface area contributed by atoms with Crippen LogP contribution in [0, 0.1) is 9.52 Å². The van der Waals surface area contributed by atoms with Gasteiger partial charge in [-0.15, -0.1) is 0 Å². The molecule has 0 N–H and O–H groups in total.